The van der Waals surface area contributed by atoms with E-state index in [1.54, 1.807) is 14.0 Å². The van der Waals surface area contributed by atoms with Gasteiger partial charge in [-0.25, -0.2) is 0 Å². The van der Waals surface area contributed by atoms with E-state index in [0.29, 0.717) is 5.78 Å². The van der Waals surface area contributed by atoms with Gasteiger partial charge in [-0.1, -0.05) is 51.2 Å². The molecule has 0 aromatic heterocycles. The maximum Gasteiger partial charge on any atom is 0.130 e. The van der Waals surface area contributed by atoms with Crippen LogP contribution in [0.1, 0.15) is 70.8 Å². The molecule has 2 rings (SSSR count). The van der Waals surface area contributed by atoms with E-state index in [1.165, 1.54) is 44.1 Å². The molecule has 1 saturated carbocycles. The molecule has 1 aromatic rings. The lowest BCUT2D eigenvalue weighted by Gasteiger charge is -2.34. The first-order chi connectivity index (χ1) is 11.0. The number of carbonyl (C=O) groups excluding carboxylic acids is 1. The summed E-state index contributed by atoms with van der Waals surface area (Å²) in [6.07, 6.45) is 10.9. The van der Waals surface area contributed by atoms with Gasteiger partial charge < -0.3 is 9.53 Å². The number of hydrogen-bond donors (Lipinski definition) is 0. The zero-order valence-corrected chi connectivity index (χ0v) is 15.1. The molecule has 2 heteroatoms. The van der Waals surface area contributed by atoms with E-state index in [4.69, 9.17) is 4.74 Å². The van der Waals surface area contributed by atoms with Crippen molar-refractivity contribution in [2.24, 2.45) is 11.3 Å². The smallest absolute Gasteiger partial charge is 0.130 e. The van der Waals surface area contributed by atoms with Crippen LogP contribution in [0.25, 0.3) is 0 Å². The van der Waals surface area contributed by atoms with E-state index in [1.807, 2.05) is 12.1 Å². The van der Waals surface area contributed by atoms with Crippen molar-refractivity contribution in [2.45, 2.75) is 71.6 Å². The molecule has 0 spiro atoms. The lowest BCUT2D eigenvalue weighted by atomic mass is 9.70. The molecule has 1 unspecified atom stereocenters. The molecule has 2 nitrogen and oxygen atoms in total. The lowest BCUT2D eigenvalue weighted by Crippen LogP contribution is -2.25. The highest BCUT2D eigenvalue weighted by Gasteiger charge is 2.30. The van der Waals surface area contributed by atoms with Crippen molar-refractivity contribution < 1.29 is 9.53 Å². The number of ketones is 1. The summed E-state index contributed by atoms with van der Waals surface area (Å²) in [6, 6.07) is 8.35. The van der Waals surface area contributed by atoms with Crippen molar-refractivity contribution in [3.63, 3.8) is 0 Å². The van der Waals surface area contributed by atoms with Gasteiger partial charge in [0, 0.05) is 6.42 Å². The average Bonchev–Trinajstić information content (AvgIpc) is 2.53. The second-order valence-corrected chi connectivity index (χ2v) is 7.75. The number of benzene rings is 1. The summed E-state index contributed by atoms with van der Waals surface area (Å²) in [6.45, 7) is 4.07. The van der Waals surface area contributed by atoms with Gasteiger partial charge in [0.25, 0.3) is 0 Å². The van der Waals surface area contributed by atoms with Gasteiger partial charge in [0.05, 0.1) is 7.11 Å². The average molecular weight is 316 g/mol. The third-order valence-corrected chi connectivity index (χ3v) is 5.36. The highest BCUT2D eigenvalue weighted by Crippen LogP contribution is 2.40. The molecule has 0 radical (unpaired) electrons. The van der Waals surface area contributed by atoms with E-state index < -0.39 is 0 Å². The first-order valence-corrected chi connectivity index (χ1v) is 9.13. The van der Waals surface area contributed by atoms with Gasteiger partial charge in [0.2, 0.25) is 0 Å². The van der Waals surface area contributed by atoms with Crippen LogP contribution in [0, 0.1) is 11.3 Å². The molecule has 1 aromatic carbocycles. The van der Waals surface area contributed by atoms with Gasteiger partial charge in [-0.15, -0.1) is 0 Å². The van der Waals surface area contributed by atoms with Crippen molar-refractivity contribution in [1.82, 2.24) is 0 Å². The summed E-state index contributed by atoms with van der Waals surface area (Å²) in [5, 5.41) is 0. The number of aryl methyl sites for hydroxylation is 1. The Morgan fingerprint density at radius 3 is 2.39 bits per heavy atom. The minimum Gasteiger partial charge on any atom is -0.497 e. The fraction of sp³-hybridized carbons (Fsp3) is 0.667. The molecule has 1 aliphatic rings. The van der Waals surface area contributed by atoms with Crippen molar-refractivity contribution in [3.05, 3.63) is 29.8 Å². The predicted octanol–water partition coefficient (Wildman–Crippen LogP) is 5.58. The Bertz CT molecular complexity index is 485. The normalized spacial score (nSPS) is 18.4. The minimum absolute atomic E-state index is 0.147. The Labute approximate surface area is 141 Å². The molecule has 23 heavy (non-hydrogen) atoms. The van der Waals surface area contributed by atoms with Crippen molar-refractivity contribution in [2.75, 3.05) is 7.11 Å². The van der Waals surface area contributed by atoms with Crippen molar-refractivity contribution in [3.8, 4) is 5.75 Å². The molecule has 128 valence electrons. The topological polar surface area (TPSA) is 26.3 Å². The van der Waals surface area contributed by atoms with Gasteiger partial charge in [0.15, 0.2) is 0 Å². The highest BCUT2D eigenvalue weighted by molar-refractivity contribution is 5.76. The molecule has 0 bridgehead atoms. The Balaban J connectivity index is 1.96. The summed E-state index contributed by atoms with van der Waals surface area (Å²) in [4.78, 5) is 11.8. The number of methoxy groups -OCH3 is 1. The third kappa shape index (κ3) is 6.01. The standard InChI is InChI=1S/C21H32O2/c1-17(22)15-21(2,16-19-7-5-4-6-8-19)14-13-18-9-11-20(23-3)12-10-18/h9-12,19H,4-8,13-16H2,1-3H3. The number of ether oxygens (including phenoxy) is 1. The second-order valence-electron chi connectivity index (χ2n) is 7.75. The van der Waals surface area contributed by atoms with Crippen molar-refractivity contribution in [1.29, 1.82) is 0 Å². The summed E-state index contributed by atoms with van der Waals surface area (Å²) in [5.74, 6) is 2.06. The SMILES string of the molecule is COc1ccc(CCC(C)(CC(C)=O)CC2CCCCC2)cc1. The van der Waals surface area contributed by atoms with Crippen LogP contribution in [0.3, 0.4) is 0 Å². The van der Waals surface area contributed by atoms with E-state index in [0.717, 1.165) is 30.9 Å². The zero-order valence-electron chi connectivity index (χ0n) is 15.1. The van der Waals surface area contributed by atoms with Gasteiger partial charge in [-0.2, -0.15) is 0 Å². The molecule has 0 N–H and O–H groups in total. The molecule has 0 aliphatic heterocycles. The Hall–Kier alpha value is -1.31. The molecule has 0 amide bonds. The predicted molar refractivity (Wildman–Crippen MR) is 95.9 cm³/mol. The van der Waals surface area contributed by atoms with Crippen LogP contribution in [-0.4, -0.2) is 12.9 Å². The molecule has 0 saturated heterocycles. The number of carbonyl (C=O) groups is 1. The molecule has 1 fully saturated rings. The van der Waals surface area contributed by atoms with Crippen LogP contribution >= 0.6 is 0 Å². The number of Topliss-reactive ketones (excluding diaryl/α,β-unsaturated/α-hetero) is 1. The van der Waals surface area contributed by atoms with Gasteiger partial charge in [0.1, 0.15) is 11.5 Å². The third-order valence-electron chi connectivity index (χ3n) is 5.36. The lowest BCUT2D eigenvalue weighted by molar-refractivity contribution is -0.119. The number of hydrogen-bond acceptors (Lipinski definition) is 2. The van der Waals surface area contributed by atoms with Crippen LogP contribution in [0.2, 0.25) is 0 Å². The Morgan fingerprint density at radius 1 is 1.17 bits per heavy atom. The molecular formula is C21H32O2. The van der Waals surface area contributed by atoms with Crippen LogP contribution in [0.4, 0.5) is 0 Å². The van der Waals surface area contributed by atoms with E-state index in [2.05, 4.69) is 19.1 Å². The van der Waals surface area contributed by atoms with Crippen LogP contribution in [0.15, 0.2) is 24.3 Å². The maximum atomic E-state index is 11.8. The van der Waals surface area contributed by atoms with Gasteiger partial charge >= 0.3 is 0 Å². The van der Waals surface area contributed by atoms with Crippen LogP contribution in [-0.2, 0) is 11.2 Å². The fourth-order valence-corrected chi connectivity index (χ4v) is 4.19. The van der Waals surface area contributed by atoms with Crippen LogP contribution in [0.5, 0.6) is 5.75 Å². The van der Waals surface area contributed by atoms with E-state index in [-0.39, 0.29) is 5.41 Å². The van der Waals surface area contributed by atoms with Gasteiger partial charge in [-0.05, 0) is 55.2 Å². The quantitative estimate of drug-likeness (QED) is 0.625. The molecule has 0 heterocycles. The monoisotopic (exact) mass is 316 g/mol. The molecular weight excluding hydrogens is 284 g/mol. The zero-order chi connectivity index (χ0) is 16.7. The summed E-state index contributed by atoms with van der Waals surface area (Å²) < 4.78 is 5.22. The Kier molecular flexibility index (Phi) is 6.68. The fourth-order valence-electron chi connectivity index (χ4n) is 4.19. The van der Waals surface area contributed by atoms with E-state index in [9.17, 15) is 4.79 Å². The highest BCUT2D eigenvalue weighted by atomic mass is 16.5. The van der Waals surface area contributed by atoms with Crippen molar-refractivity contribution >= 4 is 5.78 Å². The minimum atomic E-state index is 0.147. The van der Waals surface area contributed by atoms with E-state index >= 15 is 0 Å². The largest absolute Gasteiger partial charge is 0.497 e. The van der Waals surface area contributed by atoms with Gasteiger partial charge in [-0.3, -0.25) is 0 Å². The summed E-state index contributed by atoms with van der Waals surface area (Å²) >= 11 is 0. The summed E-state index contributed by atoms with van der Waals surface area (Å²) in [7, 11) is 1.70. The number of rotatable bonds is 8. The summed E-state index contributed by atoms with van der Waals surface area (Å²) in [5.41, 5.74) is 1.48. The first kappa shape index (κ1) is 18.0. The first-order valence-electron chi connectivity index (χ1n) is 9.13. The second kappa shape index (κ2) is 8.52. The Morgan fingerprint density at radius 2 is 1.83 bits per heavy atom. The molecule has 1 aliphatic carbocycles. The maximum absolute atomic E-state index is 11.8. The van der Waals surface area contributed by atoms with Crippen LogP contribution < -0.4 is 4.74 Å². The molecule has 1 atom stereocenters.